The zero-order chi connectivity index (χ0) is 19.8. The van der Waals surface area contributed by atoms with Crippen LogP contribution in [0, 0.1) is 5.82 Å². The zero-order valence-corrected chi connectivity index (χ0v) is 15.7. The number of carbonyl (C=O) groups is 1. The third-order valence-corrected chi connectivity index (χ3v) is 5.69. The van der Waals surface area contributed by atoms with Gasteiger partial charge in [0.25, 0.3) is 0 Å². The number of nitrogens with zero attached hydrogens (tertiary/aromatic N) is 1. The van der Waals surface area contributed by atoms with Crippen LogP contribution in [0.4, 0.5) is 15.8 Å². The number of aromatic nitrogens is 1. The summed E-state index contributed by atoms with van der Waals surface area (Å²) in [6.07, 6.45) is 4.60. The average molecular weight is 385 g/mol. The molecule has 2 aliphatic rings. The van der Waals surface area contributed by atoms with Gasteiger partial charge < -0.3 is 10.6 Å². The highest BCUT2D eigenvalue weighted by molar-refractivity contribution is 6.01. The normalized spacial score (nSPS) is 20.8. The molecule has 0 bridgehead atoms. The highest BCUT2D eigenvalue weighted by Crippen LogP contribution is 2.44. The van der Waals surface area contributed by atoms with E-state index >= 15 is 0 Å². The number of para-hydroxylation sites is 2. The van der Waals surface area contributed by atoms with Gasteiger partial charge in [0.05, 0.1) is 17.4 Å². The Morgan fingerprint density at radius 2 is 1.59 bits per heavy atom. The Kier molecular flexibility index (Phi) is 4.35. The number of Topliss-reactive ketones (excluding diaryl/α,β-unsaturated/α-hetero) is 1. The minimum atomic E-state index is -0.265. The second-order valence-corrected chi connectivity index (χ2v) is 7.50. The summed E-state index contributed by atoms with van der Waals surface area (Å²) < 4.78 is 13.4. The van der Waals surface area contributed by atoms with Gasteiger partial charge in [0.15, 0.2) is 5.78 Å². The van der Waals surface area contributed by atoms with Gasteiger partial charge in [-0.15, -0.1) is 0 Å². The molecule has 2 heterocycles. The largest absolute Gasteiger partial charge is 0.372 e. The molecular formula is C24H20FN3O. The third-order valence-electron chi connectivity index (χ3n) is 5.69. The summed E-state index contributed by atoms with van der Waals surface area (Å²) in [7, 11) is 0. The van der Waals surface area contributed by atoms with Gasteiger partial charge in [-0.05, 0) is 59.9 Å². The summed E-state index contributed by atoms with van der Waals surface area (Å²) in [5, 5.41) is 7.06. The molecule has 3 aromatic rings. The quantitative estimate of drug-likeness (QED) is 0.637. The molecule has 0 spiro atoms. The van der Waals surface area contributed by atoms with E-state index in [1.165, 1.54) is 12.1 Å². The Morgan fingerprint density at radius 3 is 2.34 bits per heavy atom. The number of hydrogen-bond acceptors (Lipinski definition) is 4. The molecular weight excluding hydrogens is 365 g/mol. The van der Waals surface area contributed by atoms with Crippen LogP contribution < -0.4 is 10.6 Å². The molecule has 0 radical (unpaired) electrons. The first-order valence-electron chi connectivity index (χ1n) is 9.73. The van der Waals surface area contributed by atoms with Crippen LogP contribution in [0.5, 0.6) is 0 Å². The highest BCUT2D eigenvalue weighted by Gasteiger charge is 2.35. The van der Waals surface area contributed by atoms with Gasteiger partial charge >= 0.3 is 0 Å². The van der Waals surface area contributed by atoms with Crippen LogP contribution in [0.1, 0.15) is 35.9 Å². The Balaban J connectivity index is 1.60. The maximum Gasteiger partial charge on any atom is 0.163 e. The number of carbonyl (C=O) groups excluding carboxylic acids is 1. The van der Waals surface area contributed by atoms with E-state index in [2.05, 4.69) is 15.6 Å². The van der Waals surface area contributed by atoms with Crippen molar-refractivity contribution >= 4 is 17.2 Å². The van der Waals surface area contributed by atoms with E-state index < -0.39 is 0 Å². The molecule has 2 atom stereocenters. The SMILES string of the molecule is O=C1C[C@@H](c2ccc(F)cc2)CC2=C1[C@H](c1ccncc1)Nc1ccccc1N2. The lowest BCUT2D eigenvalue weighted by Crippen LogP contribution is -2.26. The van der Waals surface area contributed by atoms with Gasteiger partial charge in [-0.3, -0.25) is 9.78 Å². The number of halogens is 1. The number of ketones is 1. The van der Waals surface area contributed by atoms with Crippen molar-refractivity contribution in [2.24, 2.45) is 0 Å². The van der Waals surface area contributed by atoms with E-state index in [0.29, 0.717) is 12.8 Å². The molecule has 5 rings (SSSR count). The van der Waals surface area contributed by atoms with Crippen molar-refractivity contribution in [2.45, 2.75) is 24.8 Å². The topological polar surface area (TPSA) is 54.0 Å². The lowest BCUT2D eigenvalue weighted by molar-refractivity contribution is -0.116. The van der Waals surface area contributed by atoms with E-state index in [1.807, 2.05) is 36.4 Å². The number of anilines is 2. The first-order valence-corrected chi connectivity index (χ1v) is 9.73. The maximum absolute atomic E-state index is 13.4. The summed E-state index contributed by atoms with van der Waals surface area (Å²) in [6, 6.07) is 18.1. The van der Waals surface area contributed by atoms with E-state index in [4.69, 9.17) is 0 Å². The molecule has 0 saturated heterocycles. The molecule has 0 unspecified atom stereocenters. The molecule has 5 heteroatoms. The fourth-order valence-corrected chi connectivity index (χ4v) is 4.27. The third kappa shape index (κ3) is 3.29. The summed E-state index contributed by atoms with van der Waals surface area (Å²) in [5.74, 6) is -0.132. The number of nitrogens with one attached hydrogen (secondary N) is 2. The highest BCUT2D eigenvalue weighted by atomic mass is 19.1. The van der Waals surface area contributed by atoms with Crippen molar-refractivity contribution in [1.82, 2.24) is 4.98 Å². The maximum atomic E-state index is 13.4. The van der Waals surface area contributed by atoms with Crippen LogP contribution >= 0.6 is 0 Å². The number of rotatable bonds is 2. The van der Waals surface area contributed by atoms with Gasteiger partial charge in [0.1, 0.15) is 5.82 Å². The molecule has 0 fully saturated rings. The molecule has 2 N–H and O–H groups in total. The summed E-state index contributed by atoms with van der Waals surface area (Å²) in [6.45, 7) is 0. The predicted octanol–water partition coefficient (Wildman–Crippen LogP) is 5.20. The molecule has 1 aliphatic carbocycles. The molecule has 144 valence electrons. The molecule has 1 aromatic heterocycles. The monoisotopic (exact) mass is 385 g/mol. The van der Waals surface area contributed by atoms with Crippen molar-refractivity contribution in [3.05, 3.63) is 101 Å². The zero-order valence-electron chi connectivity index (χ0n) is 15.7. The van der Waals surface area contributed by atoms with Crippen molar-refractivity contribution in [1.29, 1.82) is 0 Å². The molecule has 0 amide bonds. The van der Waals surface area contributed by atoms with E-state index in [-0.39, 0.29) is 23.6 Å². The van der Waals surface area contributed by atoms with Gasteiger partial charge in [0, 0.05) is 30.1 Å². The van der Waals surface area contributed by atoms with Crippen LogP contribution in [0.2, 0.25) is 0 Å². The Bertz CT molecular complexity index is 1090. The van der Waals surface area contributed by atoms with Crippen molar-refractivity contribution in [2.75, 3.05) is 10.6 Å². The number of allylic oxidation sites excluding steroid dienone is 1. The Labute approximate surface area is 168 Å². The molecule has 2 aromatic carbocycles. The van der Waals surface area contributed by atoms with Crippen molar-refractivity contribution in [3.63, 3.8) is 0 Å². The van der Waals surface area contributed by atoms with Gasteiger partial charge in [-0.1, -0.05) is 24.3 Å². The average Bonchev–Trinajstić information content (AvgIpc) is 2.92. The minimum absolute atomic E-state index is 0.0257. The van der Waals surface area contributed by atoms with Crippen LogP contribution in [0.3, 0.4) is 0 Å². The van der Waals surface area contributed by atoms with Gasteiger partial charge in [-0.25, -0.2) is 4.39 Å². The summed E-state index contributed by atoms with van der Waals surface area (Å²) in [4.78, 5) is 17.5. The summed E-state index contributed by atoms with van der Waals surface area (Å²) in [5.41, 5.74) is 5.58. The fraction of sp³-hybridized carbons (Fsp3) is 0.167. The molecule has 0 saturated carbocycles. The van der Waals surface area contributed by atoms with Crippen molar-refractivity contribution < 1.29 is 9.18 Å². The first kappa shape index (κ1) is 17.6. The minimum Gasteiger partial charge on any atom is -0.372 e. The Hall–Kier alpha value is -3.47. The van der Waals surface area contributed by atoms with Crippen molar-refractivity contribution in [3.8, 4) is 0 Å². The van der Waals surface area contributed by atoms with Crippen LogP contribution in [0.15, 0.2) is 84.3 Å². The van der Waals surface area contributed by atoms with Crippen LogP contribution in [0.25, 0.3) is 0 Å². The van der Waals surface area contributed by atoms with Gasteiger partial charge in [-0.2, -0.15) is 0 Å². The second-order valence-electron chi connectivity index (χ2n) is 7.50. The standard InChI is InChI=1S/C24H20FN3O/c25-18-7-5-15(6-8-18)17-13-21-23(22(29)14-17)24(16-9-11-26-12-10-16)28-20-4-2-1-3-19(20)27-21/h1-12,17,24,27-28H,13-14H2/t17-,24-/m0/s1. The second kappa shape index (κ2) is 7.17. The number of hydrogen-bond donors (Lipinski definition) is 2. The fourth-order valence-electron chi connectivity index (χ4n) is 4.27. The van der Waals surface area contributed by atoms with Crippen LogP contribution in [-0.4, -0.2) is 10.8 Å². The van der Waals surface area contributed by atoms with Gasteiger partial charge in [0.2, 0.25) is 0 Å². The number of benzene rings is 2. The smallest absolute Gasteiger partial charge is 0.163 e. The molecule has 4 nitrogen and oxygen atoms in total. The van der Waals surface area contributed by atoms with E-state index in [9.17, 15) is 9.18 Å². The number of fused-ring (bicyclic) bond motifs is 1. The lowest BCUT2D eigenvalue weighted by atomic mass is 9.78. The first-order chi connectivity index (χ1) is 14.2. The summed E-state index contributed by atoms with van der Waals surface area (Å²) >= 11 is 0. The molecule has 29 heavy (non-hydrogen) atoms. The lowest BCUT2D eigenvalue weighted by Gasteiger charge is -2.29. The van der Waals surface area contributed by atoms with E-state index in [1.54, 1.807) is 24.5 Å². The molecule has 1 aliphatic heterocycles. The Morgan fingerprint density at radius 1 is 0.862 bits per heavy atom. The van der Waals surface area contributed by atoms with E-state index in [0.717, 1.165) is 33.8 Å². The number of pyridine rings is 1. The van der Waals surface area contributed by atoms with Crippen LogP contribution in [-0.2, 0) is 4.79 Å². The predicted molar refractivity (Wildman–Crippen MR) is 111 cm³/mol.